The van der Waals surface area contributed by atoms with Crippen LogP contribution in [0.15, 0.2) is 35.5 Å². The van der Waals surface area contributed by atoms with E-state index in [1.165, 1.54) is 18.5 Å². The Labute approximate surface area is 107 Å². The van der Waals surface area contributed by atoms with E-state index in [4.69, 9.17) is 5.73 Å². The topological polar surface area (TPSA) is 98.0 Å². The van der Waals surface area contributed by atoms with Crippen LogP contribution in [-0.2, 0) is 10.0 Å². The first kappa shape index (κ1) is 13.1. The summed E-state index contributed by atoms with van der Waals surface area (Å²) in [5, 5.41) is 0. The Kier molecular flexibility index (Phi) is 3.30. The van der Waals surface area contributed by atoms with Crippen molar-refractivity contribution in [2.75, 3.05) is 10.5 Å². The third-order valence-electron chi connectivity index (χ3n) is 2.17. The Morgan fingerprint density at radius 1 is 1.16 bits per heavy atom. The molecule has 1 heterocycles. The van der Waals surface area contributed by atoms with Crippen LogP contribution in [0.4, 0.5) is 20.4 Å². The normalized spacial score (nSPS) is 11.3. The van der Waals surface area contributed by atoms with Crippen LogP contribution in [0, 0.1) is 11.6 Å². The number of rotatable bonds is 3. The van der Waals surface area contributed by atoms with Gasteiger partial charge in [0.1, 0.15) is 16.4 Å². The van der Waals surface area contributed by atoms with Crippen LogP contribution in [0.25, 0.3) is 0 Å². The van der Waals surface area contributed by atoms with Gasteiger partial charge in [-0.3, -0.25) is 0 Å². The van der Waals surface area contributed by atoms with Crippen molar-refractivity contribution in [1.29, 1.82) is 0 Å². The molecule has 0 spiro atoms. The molecule has 100 valence electrons. The van der Waals surface area contributed by atoms with Gasteiger partial charge in [-0.05, 0) is 18.2 Å². The Morgan fingerprint density at radius 2 is 1.79 bits per heavy atom. The molecule has 3 N–H and O–H groups in total. The molecule has 9 heteroatoms. The van der Waals surface area contributed by atoms with Crippen LogP contribution in [0.3, 0.4) is 0 Å². The van der Waals surface area contributed by atoms with E-state index in [2.05, 4.69) is 9.97 Å². The molecule has 0 radical (unpaired) electrons. The van der Waals surface area contributed by atoms with Gasteiger partial charge in [-0.1, -0.05) is 0 Å². The molecule has 1 aromatic heterocycles. The van der Waals surface area contributed by atoms with Crippen LogP contribution >= 0.6 is 0 Å². The number of hydrogen-bond acceptors (Lipinski definition) is 5. The van der Waals surface area contributed by atoms with Crippen LogP contribution in [0.5, 0.6) is 0 Å². The van der Waals surface area contributed by atoms with Crippen molar-refractivity contribution in [2.24, 2.45) is 0 Å². The lowest BCUT2D eigenvalue weighted by molar-refractivity contribution is 0.557. The highest BCUT2D eigenvalue weighted by atomic mass is 32.2. The zero-order chi connectivity index (χ0) is 14.0. The molecule has 0 aliphatic rings. The monoisotopic (exact) mass is 286 g/mol. The van der Waals surface area contributed by atoms with E-state index in [1.54, 1.807) is 0 Å². The van der Waals surface area contributed by atoms with Crippen molar-refractivity contribution in [2.45, 2.75) is 4.90 Å². The fourth-order valence-electron chi connectivity index (χ4n) is 1.28. The minimum Gasteiger partial charge on any atom is -0.394 e. The smallest absolute Gasteiger partial charge is 0.267 e. The zero-order valence-electron chi connectivity index (χ0n) is 9.34. The van der Waals surface area contributed by atoms with E-state index in [-0.39, 0.29) is 5.95 Å². The van der Waals surface area contributed by atoms with Gasteiger partial charge in [0.05, 0.1) is 0 Å². The van der Waals surface area contributed by atoms with E-state index in [9.17, 15) is 17.2 Å². The van der Waals surface area contributed by atoms with Gasteiger partial charge in [-0.15, -0.1) is 0 Å². The molecule has 1 aromatic carbocycles. The second-order valence-electron chi connectivity index (χ2n) is 3.45. The lowest BCUT2D eigenvalue weighted by atomic mass is 10.3. The third-order valence-corrected chi connectivity index (χ3v) is 3.52. The highest BCUT2D eigenvalue weighted by Crippen LogP contribution is 2.23. The number of halogens is 2. The zero-order valence-corrected chi connectivity index (χ0v) is 10.2. The van der Waals surface area contributed by atoms with E-state index in [1.807, 2.05) is 4.72 Å². The Morgan fingerprint density at radius 3 is 2.42 bits per heavy atom. The fraction of sp³-hybridized carbons (Fsp3) is 0. The minimum atomic E-state index is -4.28. The molecule has 2 rings (SSSR count). The van der Waals surface area contributed by atoms with Gasteiger partial charge in [0, 0.05) is 12.4 Å². The van der Waals surface area contributed by atoms with E-state index in [0.29, 0.717) is 0 Å². The summed E-state index contributed by atoms with van der Waals surface area (Å²) in [6.07, 6.45) is 2.61. The first-order chi connectivity index (χ1) is 8.92. The average Bonchev–Trinajstić information content (AvgIpc) is 2.36. The lowest BCUT2D eigenvalue weighted by Gasteiger charge is -2.08. The van der Waals surface area contributed by atoms with Crippen molar-refractivity contribution < 1.29 is 17.2 Å². The van der Waals surface area contributed by atoms with Gasteiger partial charge < -0.3 is 5.73 Å². The Hall–Kier alpha value is -2.29. The molecular formula is C10H8F2N4O2S. The molecule has 0 aliphatic carbocycles. The number of benzene rings is 1. The first-order valence-corrected chi connectivity index (χ1v) is 6.43. The van der Waals surface area contributed by atoms with E-state index in [0.717, 1.165) is 12.1 Å². The summed E-state index contributed by atoms with van der Waals surface area (Å²) in [5.41, 5.74) is 4.24. The van der Waals surface area contributed by atoms with Crippen molar-refractivity contribution in [3.63, 3.8) is 0 Å². The number of aromatic nitrogens is 2. The predicted molar refractivity (Wildman–Crippen MR) is 63.6 cm³/mol. The second-order valence-corrected chi connectivity index (χ2v) is 5.10. The van der Waals surface area contributed by atoms with Gasteiger partial charge in [0.25, 0.3) is 10.0 Å². The van der Waals surface area contributed by atoms with Crippen LogP contribution in [0.2, 0.25) is 0 Å². The maximum Gasteiger partial charge on any atom is 0.267 e. The summed E-state index contributed by atoms with van der Waals surface area (Å²) < 4.78 is 52.3. The second kappa shape index (κ2) is 4.76. The van der Waals surface area contributed by atoms with Crippen LogP contribution < -0.4 is 10.5 Å². The van der Waals surface area contributed by atoms with Gasteiger partial charge in [0.15, 0.2) is 5.82 Å². The fourth-order valence-corrected chi connectivity index (χ4v) is 2.33. The van der Waals surface area contributed by atoms with Crippen molar-refractivity contribution in [3.05, 3.63) is 42.2 Å². The van der Waals surface area contributed by atoms with Gasteiger partial charge in [0.2, 0.25) is 5.95 Å². The quantitative estimate of drug-likeness (QED) is 0.824. The first-order valence-electron chi connectivity index (χ1n) is 4.95. The highest BCUT2D eigenvalue weighted by Gasteiger charge is 2.23. The summed E-state index contributed by atoms with van der Waals surface area (Å²) in [5.74, 6) is -2.62. The van der Waals surface area contributed by atoms with Crippen molar-refractivity contribution in [3.8, 4) is 0 Å². The number of hydrogen-bond donors (Lipinski definition) is 2. The van der Waals surface area contributed by atoms with Gasteiger partial charge in [-0.25, -0.2) is 31.9 Å². The molecule has 0 saturated carbocycles. The molecule has 0 saturated heterocycles. The van der Waals surface area contributed by atoms with Crippen LogP contribution in [0.1, 0.15) is 0 Å². The van der Waals surface area contributed by atoms with Gasteiger partial charge in [-0.2, -0.15) is 0 Å². The number of sulfonamides is 1. The maximum atomic E-state index is 13.6. The maximum absolute atomic E-state index is 13.6. The Balaban J connectivity index is 2.44. The highest BCUT2D eigenvalue weighted by molar-refractivity contribution is 7.92. The standard InChI is InChI=1S/C10H8F2N4O2S/c11-6-2-3-7(8(12)9(6)13)19(17,18)16-10-14-4-1-5-15-10/h1-5H,13H2,(H,14,15,16). The molecular weight excluding hydrogens is 278 g/mol. The largest absolute Gasteiger partial charge is 0.394 e. The molecule has 2 aromatic rings. The summed E-state index contributed by atoms with van der Waals surface area (Å²) in [6, 6.07) is 3.01. The van der Waals surface area contributed by atoms with Gasteiger partial charge >= 0.3 is 0 Å². The lowest BCUT2D eigenvalue weighted by Crippen LogP contribution is -2.17. The molecule has 19 heavy (non-hydrogen) atoms. The number of nitrogens with two attached hydrogens (primary N) is 1. The number of anilines is 2. The summed E-state index contributed by atoms with van der Waals surface area (Å²) >= 11 is 0. The number of nitrogen functional groups attached to an aromatic ring is 1. The molecule has 6 nitrogen and oxygen atoms in total. The molecule has 0 fully saturated rings. The summed E-state index contributed by atoms with van der Waals surface area (Å²) in [4.78, 5) is 6.48. The van der Waals surface area contributed by atoms with Crippen molar-refractivity contribution >= 4 is 21.7 Å². The van der Waals surface area contributed by atoms with Crippen LogP contribution in [-0.4, -0.2) is 18.4 Å². The molecule has 0 unspecified atom stereocenters. The SMILES string of the molecule is Nc1c(F)ccc(S(=O)(=O)Nc2ncccn2)c1F. The number of nitrogens with zero attached hydrogens (tertiary/aromatic N) is 2. The molecule has 0 atom stereocenters. The van der Waals surface area contributed by atoms with E-state index < -0.39 is 32.2 Å². The average molecular weight is 286 g/mol. The molecule has 0 aliphatic heterocycles. The summed E-state index contributed by atoms with van der Waals surface area (Å²) in [7, 11) is -4.28. The predicted octanol–water partition coefficient (Wildman–Crippen LogP) is 1.14. The molecule has 0 amide bonds. The van der Waals surface area contributed by atoms with Crippen molar-refractivity contribution in [1.82, 2.24) is 9.97 Å². The summed E-state index contributed by atoms with van der Waals surface area (Å²) in [6.45, 7) is 0. The number of nitrogens with one attached hydrogen (secondary N) is 1. The minimum absolute atomic E-state index is 0.232. The molecule has 0 bridgehead atoms. The Bertz CT molecular complexity index is 707. The van der Waals surface area contributed by atoms with E-state index >= 15 is 0 Å². The third kappa shape index (κ3) is 2.60.